The molecule has 92 valence electrons. The number of Topliss-reactive ketones (excluding diaryl/α,β-unsaturated/α-hetero) is 1. The van der Waals surface area contributed by atoms with E-state index in [1.807, 2.05) is 18.2 Å². The van der Waals surface area contributed by atoms with Gasteiger partial charge in [-0.2, -0.15) is 0 Å². The van der Waals surface area contributed by atoms with Crippen molar-refractivity contribution in [3.63, 3.8) is 0 Å². The molecule has 1 aliphatic heterocycles. The summed E-state index contributed by atoms with van der Waals surface area (Å²) in [6.07, 6.45) is 1.06. The third-order valence-corrected chi connectivity index (χ3v) is 3.85. The third-order valence-electron chi connectivity index (χ3n) is 3.19. The third kappa shape index (κ3) is 2.69. The van der Waals surface area contributed by atoms with E-state index in [-0.39, 0.29) is 5.78 Å². The Morgan fingerprint density at radius 1 is 1.53 bits per heavy atom. The van der Waals surface area contributed by atoms with Gasteiger partial charge in [-0.15, -0.1) is 0 Å². The highest BCUT2D eigenvalue weighted by molar-refractivity contribution is 9.10. The van der Waals surface area contributed by atoms with Gasteiger partial charge in [-0.3, -0.25) is 4.79 Å². The highest BCUT2D eigenvalue weighted by atomic mass is 79.9. The Balaban J connectivity index is 2.21. The number of benzene rings is 1. The number of ketones is 1. The summed E-state index contributed by atoms with van der Waals surface area (Å²) in [5, 5.41) is 0. The van der Waals surface area contributed by atoms with Crippen LogP contribution in [-0.2, 0) is 4.74 Å². The Labute approximate surface area is 110 Å². The van der Waals surface area contributed by atoms with Crippen molar-refractivity contribution in [3.05, 3.63) is 28.2 Å². The van der Waals surface area contributed by atoms with Crippen LogP contribution in [0.4, 0.5) is 5.69 Å². The summed E-state index contributed by atoms with van der Waals surface area (Å²) in [5.41, 5.74) is 1.84. The molecule has 1 atom stereocenters. The summed E-state index contributed by atoms with van der Waals surface area (Å²) in [6.45, 7) is 3.19. The molecular formula is C13H16BrNO2. The first-order valence-electron chi connectivity index (χ1n) is 5.70. The molecule has 0 aliphatic carbocycles. The summed E-state index contributed by atoms with van der Waals surface area (Å²) >= 11 is 3.45. The fourth-order valence-corrected chi connectivity index (χ4v) is 2.69. The van der Waals surface area contributed by atoms with Gasteiger partial charge in [0.25, 0.3) is 0 Å². The molecule has 0 bridgehead atoms. The number of likely N-dealkylation sites (N-methyl/N-ethyl adjacent to an activating group) is 1. The number of hydrogen-bond acceptors (Lipinski definition) is 3. The van der Waals surface area contributed by atoms with Crippen molar-refractivity contribution < 1.29 is 9.53 Å². The number of nitrogens with zero attached hydrogens (tertiary/aromatic N) is 1. The van der Waals surface area contributed by atoms with Gasteiger partial charge in [-0.05, 0) is 47.5 Å². The van der Waals surface area contributed by atoms with Gasteiger partial charge < -0.3 is 9.64 Å². The molecule has 0 radical (unpaired) electrons. The molecule has 1 unspecified atom stereocenters. The SMILES string of the molecule is CC(=O)c1ccc(N(C)C2CCOC2)cc1Br. The topological polar surface area (TPSA) is 29.5 Å². The van der Waals surface area contributed by atoms with E-state index < -0.39 is 0 Å². The molecule has 1 saturated heterocycles. The van der Waals surface area contributed by atoms with Gasteiger partial charge in [0.15, 0.2) is 5.78 Å². The lowest BCUT2D eigenvalue weighted by Crippen LogP contribution is -2.31. The normalized spacial score (nSPS) is 19.4. The Morgan fingerprint density at radius 3 is 2.82 bits per heavy atom. The van der Waals surface area contributed by atoms with Gasteiger partial charge >= 0.3 is 0 Å². The smallest absolute Gasteiger partial charge is 0.160 e. The van der Waals surface area contributed by atoms with Crippen LogP contribution in [-0.4, -0.2) is 32.1 Å². The molecule has 1 aromatic carbocycles. The Morgan fingerprint density at radius 2 is 2.29 bits per heavy atom. The van der Waals surface area contributed by atoms with Crippen LogP contribution in [0.2, 0.25) is 0 Å². The van der Waals surface area contributed by atoms with E-state index in [0.717, 1.165) is 35.4 Å². The van der Waals surface area contributed by atoms with Gasteiger partial charge in [0.05, 0.1) is 12.6 Å². The Bertz CT molecular complexity index is 427. The van der Waals surface area contributed by atoms with E-state index in [9.17, 15) is 4.79 Å². The standard InChI is InChI=1S/C13H16BrNO2/c1-9(16)12-4-3-10(7-13(12)14)15(2)11-5-6-17-8-11/h3-4,7,11H,5-6,8H2,1-2H3. The minimum absolute atomic E-state index is 0.0790. The van der Waals surface area contributed by atoms with Gasteiger partial charge in [-0.25, -0.2) is 0 Å². The van der Waals surface area contributed by atoms with E-state index >= 15 is 0 Å². The van der Waals surface area contributed by atoms with E-state index in [1.165, 1.54) is 0 Å². The van der Waals surface area contributed by atoms with E-state index in [0.29, 0.717) is 6.04 Å². The largest absolute Gasteiger partial charge is 0.379 e. The number of carbonyl (C=O) groups excluding carboxylic acids is 1. The Hall–Kier alpha value is -0.870. The summed E-state index contributed by atoms with van der Waals surface area (Å²) in [7, 11) is 2.06. The molecule has 0 N–H and O–H groups in total. The first-order chi connectivity index (χ1) is 8.09. The fourth-order valence-electron chi connectivity index (χ4n) is 2.05. The zero-order valence-electron chi connectivity index (χ0n) is 10.1. The molecule has 1 heterocycles. The summed E-state index contributed by atoms with van der Waals surface area (Å²) in [4.78, 5) is 13.5. The number of anilines is 1. The molecule has 1 aromatic rings. The number of carbonyl (C=O) groups is 1. The maximum Gasteiger partial charge on any atom is 0.160 e. The average Bonchev–Trinajstić information content (AvgIpc) is 2.80. The molecule has 17 heavy (non-hydrogen) atoms. The van der Waals surface area contributed by atoms with Crippen molar-refractivity contribution in [2.45, 2.75) is 19.4 Å². The predicted molar refractivity (Wildman–Crippen MR) is 71.8 cm³/mol. The number of rotatable bonds is 3. The Kier molecular flexibility index (Phi) is 3.84. The van der Waals surface area contributed by atoms with Crippen LogP contribution in [0, 0.1) is 0 Å². The van der Waals surface area contributed by atoms with Gasteiger partial charge in [0.1, 0.15) is 0 Å². The molecule has 0 saturated carbocycles. The lowest BCUT2D eigenvalue weighted by molar-refractivity contribution is 0.101. The molecule has 0 amide bonds. The van der Waals surface area contributed by atoms with Crippen LogP contribution in [0.5, 0.6) is 0 Å². The second kappa shape index (κ2) is 5.19. The van der Waals surface area contributed by atoms with Crippen molar-refractivity contribution in [3.8, 4) is 0 Å². The molecule has 4 heteroatoms. The first kappa shape index (κ1) is 12.6. The van der Waals surface area contributed by atoms with Crippen molar-refractivity contribution >= 4 is 27.4 Å². The minimum Gasteiger partial charge on any atom is -0.379 e. The highest BCUT2D eigenvalue weighted by Crippen LogP contribution is 2.26. The van der Waals surface area contributed by atoms with Gasteiger partial charge in [0.2, 0.25) is 0 Å². The van der Waals surface area contributed by atoms with E-state index in [1.54, 1.807) is 6.92 Å². The highest BCUT2D eigenvalue weighted by Gasteiger charge is 2.21. The first-order valence-corrected chi connectivity index (χ1v) is 6.50. The summed E-state index contributed by atoms with van der Waals surface area (Å²) < 4.78 is 6.24. The second-order valence-corrected chi connectivity index (χ2v) is 5.20. The zero-order chi connectivity index (χ0) is 12.4. The summed E-state index contributed by atoms with van der Waals surface area (Å²) in [6, 6.07) is 6.29. The monoisotopic (exact) mass is 297 g/mol. The second-order valence-electron chi connectivity index (χ2n) is 4.35. The van der Waals surface area contributed by atoms with Crippen LogP contribution in [0.3, 0.4) is 0 Å². The fraction of sp³-hybridized carbons (Fsp3) is 0.462. The van der Waals surface area contributed by atoms with Crippen molar-refractivity contribution in [2.75, 3.05) is 25.2 Å². The zero-order valence-corrected chi connectivity index (χ0v) is 11.7. The van der Waals surface area contributed by atoms with Crippen molar-refractivity contribution in [2.24, 2.45) is 0 Å². The van der Waals surface area contributed by atoms with Crippen molar-refractivity contribution in [1.82, 2.24) is 0 Å². The molecule has 1 fully saturated rings. The van der Waals surface area contributed by atoms with Crippen LogP contribution in [0.25, 0.3) is 0 Å². The van der Waals surface area contributed by atoms with Crippen LogP contribution in [0.1, 0.15) is 23.7 Å². The molecular weight excluding hydrogens is 282 g/mol. The van der Waals surface area contributed by atoms with Crippen molar-refractivity contribution in [1.29, 1.82) is 0 Å². The molecule has 2 rings (SSSR count). The van der Waals surface area contributed by atoms with Crippen LogP contribution < -0.4 is 4.90 Å². The average molecular weight is 298 g/mol. The predicted octanol–water partition coefficient (Wildman–Crippen LogP) is 2.88. The lowest BCUT2D eigenvalue weighted by atomic mass is 10.1. The number of halogens is 1. The maximum absolute atomic E-state index is 11.3. The van der Waals surface area contributed by atoms with E-state index in [2.05, 4.69) is 27.9 Å². The van der Waals surface area contributed by atoms with Crippen LogP contribution >= 0.6 is 15.9 Å². The summed E-state index contributed by atoms with van der Waals surface area (Å²) in [5.74, 6) is 0.0790. The van der Waals surface area contributed by atoms with Gasteiger partial charge in [-0.1, -0.05) is 0 Å². The molecule has 3 nitrogen and oxygen atoms in total. The van der Waals surface area contributed by atoms with Crippen LogP contribution in [0.15, 0.2) is 22.7 Å². The number of hydrogen-bond donors (Lipinski definition) is 0. The van der Waals surface area contributed by atoms with E-state index in [4.69, 9.17) is 4.74 Å². The maximum atomic E-state index is 11.3. The minimum atomic E-state index is 0.0790. The molecule has 0 aromatic heterocycles. The van der Waals surface area contributed by atoms with Gasteiger partial charge in [0, 0.05) is 29.4 Å². The molecule has 1 aliphatic rings. The lowest BCUT2D eigenvalue weighted by Gasteiger charge is -2.25. The number of ether oxygens (including phenoxy) is 1. The quantitative estimate of drug-likeness (QED) is 0.804. The molecule has 0 spiro atoms.